The summed E-state index contributed by atoms with van der Waals surface area (Å²) in [4.78, 5) is 27.0. The molecule has 0 spiro atoms. The number of esters is 1. The normalized spacial score (nSPS) is 10.6. The first-order valence-corrected chi connectivity index (χ1v) is 8.13. The number of carbonyl (C=O) groups is 2. The standard InChI is InChI=1S/C18H15BrN2O3/c1-11-8-13(19)6-7-14(11)21-17(22)10-24-18(23)16-9-12-4-2-3-5-15(12)20-16/h2-9,20H,10H2,1H3,(H,21,22). The number of hydrogen-bond donors (Lipinski definition) is 2. The van der Waals surface area contributed by atoms with Gasteiger partial charge in [-0.05, 0) is 42.8 Å². The third kappa shape index (κ3) is 3.65. The second-order valence-corrected chi connectivity index (χ2v) is 6.27. The summed E-state index contributed by atoms with van der Waals surface area (Å²) in [6.07, 6.45) is 0. The monoisotopic (exact) mass is 386 g/mol. The minimum absolute atomic E-state index is 0.323. The molecule has 0 aliphatic rings. The van der Waals surface area contributed by atoms with E-state index < -0.39 is 5.97 Å². The Balaban J connectivity index is 1.60. The zero-order valence-corrected chi connectivity index (χ0v) is 14.5. The van der Waals surface area contributed by atoms with Crippen LogP contribution in [0.1, 0.15) is 16.1 Å². The van der Waals surface area contributed by atoms with Crippen LogP contribution in [0.4, 0.5) is 5.69 Å². The molecule has 0 aliphatic heterocycles. The van der Waals surface area contributed by atoms with Crippen LogP contribution in [0.3, 0.4) is 0 Å². The fourth-order valence-corrected chi connectivity index (χ4v) is 2.82. The number of H-pyrrole nitrogens is 1. The summed E-state index contributed by atoms with van der Waals surface area (Å²) in [5, 5.41) is 3.64. The Kier molecular flexibility index (Phi) is 4.66. The van der Waals surface area contributed by atoms with Crippen LogP contribution in [-0.2, 0) is 9.53 Å². The molecule has 0 saturated carbocycles. The van der Waals surface area contributed by atoms with Crippen molar-refractivity contribution in [3.05, 3.63) is 64.3 Å². The maximum Gasteiger partial charge on any atom is 0.355 e. The Hall–Kier alpha value is -2.60. The average Bonchev–Trinajstić information content (AvgIpc) is 2.99. The molecule has 5 nitrogen and oxygen atoms in total. The number of para-hydroxylation sites is 1. The summed E-state index contributed by atoms with van der Waals surface area (Å²) in [5.41, 5.74) is 2.77. The lowest BCUT2D eigenvalue weighted by Crippen LogP contribution is -2.21. The molecule has 3 rings (SSSR count). The molecule has 0 atom stereocenters. The van der Waals surface area contributed by atoms with E-state index in [-0.39, 0.29) is 12.5 Å². The number of ether oxygens (including phenoxy) is 1. The molecule has 2 N–H and O–H groups in total. The minimum Gasteiger partial charge on any atom is -0.451 e. The molecule has 6 heteroatoms. The van der Waals surface area contributed by atoms with Crippen molar-refractivity contribution < 1.29 is 14.3 Å². The Labute approximate surface area is 147 Å². The summed E-state index contributed by atoms with van der Waals surface area (Å²) < 4.78 is 6.00. The second kappa shape index (κ2) is 6.88. The average molecular weight is 387 g/mol. The maximum atomic E-state index is 12.0. The fourth-order valence-electron chi connectivity index (χ4n) is 2.35. The van der Waals surface area contributed by atoms with Gasteiger partial charge in [-0.15, -0.1) is 0 Å². The first-order valence-electron chi connectivity index (χ1n) is 7.34. The van der Waals surface area contributed by atoms with E-state index in [9.17, 15) is 9.59 Å². The number of fused-ring (bicyclic) bond motifs is 1. The molecule has 0 unspecified atom stereocenters. The molecule has 3 aromatic rings. The molecule has 0 bridgehead atoms. The number of carbonyl (C=O) groups excluding carboxylic acids is 2. The van der Waals surface area contributed by atoms with Crippen molar-refractivity contribution in [2.45, 2.75) is 6.92 Å². The molecule has 1 amide bonds. The van der Waals surface area contributed by atoms with Crippen LogP contribution < -0.4 is 5.32 Å². The summed E-state index contributed by atoms with van der Waals surface area (Å²) in [6, 6.07) is 14.7. The SMILES string of the molecule is Cc1cc(Br)ccc1NC(=O)COC(=O)c1cc2ccccc2[nH]1. The molecular weight excluding hydrogens is 372 g/mol. The van der Waals surface area contributed by atoms with E-state index in [0.717, 1.165) is 20.9 Å². The zero-order valence-electron chi connectivity index (χ0n) is 12.9. The van der Waals surface area contributed by atoms with E-state index in [1.54, 1.807) is 12.1 Å². The number of hydrogen-bond acceptors (Lipinski definition) is 3. The quantitative estimate of drug-likeness (QED) is 0.664. The van der Waals surface area contributed by atoms with Gasteiger partial charge in [-0.1, -0.05) is 34.1 Å². The lowest BCUT2D eigenvalue weighted by molar-refractivity contribution is -0.119. The Morgan fingerprint density at radius 1 is 1.17 bits per heavy atom. The predicted octanol–water partition coefficient (Wildman–Crippen LogP) is 4.03. The topological polar surface area (TPSA) is 71.2 Å². The van der Waals surface area contributed by atoms with Gasteiger partial charge in [0.15, 0.2) is 6.61 Å². The van der Waals surface area contributed by atoms with E-state index in [2.05, 4.69) is 26.2 Å². The number of aromatic amines is 1. The number of nitrogens with one attached hydrogen (secondary N) is 2. The third-order valence-electron chi connectivity index (χ3n) is 3.55. The fraction of sp³-hybridized carbons (Fsp3) is 0.111. The van der Waals surface area contributed by atoms with Crippen LogP contribution in [0.2, 0.25) is 0 Å². The highest BCUT2D eigenvalue weighted by Gasteiger charge is 2.13. The highest BCUT2D eigenvalue weighted by molar-refractivity contribution is 9.10. The molecule has 1 aromatic heterocycles. The molecule has 0 radical (unpaired) electrons. The maximum absolute atomic E-state index is 12.0. The van der Waals surface area contributed by atoms with Gasteiger partial charge in [0.25, 0.3) is 5.91 Å². The van der Waals surface area contributed by atoms with Gasteiger partial charge >= 0.3 is 5.97 Å². The van der Waals surface area contributed by atoms with E-state index in [1.807, 2.05) is 43.3 Å². The Morgan fingerprint density at radius 3 is 2.71 bits per heavy atom. The van der Waals surface area contributed by atoms with Gasteiger partial charge in [-0.2, -0.15) is 0 Å². The number of anilines is 1. The molecule has 0 saturated heterocycles. The predicted molar refractivity (Wildman–Crippen MR) is 96.1 cm³/mol. The number of aromatic nitrogens is 1. The first-order chi connectivity index (χ1) is 11.5. The van der Waals surface area contributed by atoms with Gasteiger partial charge in [-0.25, -0.2) is 4.79 Å². The van der Waals surface area contributed by atoms with E-state index in [1.165, 1.54) is 0 Å². The van der Waals surface area contributed by atoms with Gasteiger partial charge in [-0.3, -0.25) is 4.79 Å². The van der Waals surface area contributed by atoms with Crippen LogP contribution in [0.25, 0.3) is 10.9 Å². The van der Waals surface area contributed by atoms with Gasteiger partial charge in [0.1, 0.15) is 5.69 Å². The van der Waals surface area contributed by atoms with Crippen LogP contribution in [0, 0.1) is 6.92 Å². The van der Waals surface area contributed by atoms with Crippen molar-refractivity contribution in [2.75, 3.05) is 11.9 Å². The number of benzene rings is 2. The molecular formula is C18H15BrN2O3. The lowest BCUT2D eigenvalue weighted by atomic mass is 10.2. The van der Waals surface area contributed by atoms with Crippen molar-refractivity contribution in [3.8, 4) is 0 Å². The molecule has 122 valence electrons. The highest BCUT2D eigenvalue weighted by Crippen LogP contribution is 2.20. The summed E-state index contributed by atoms with van der Waals surface area (Å²) in [7, 11) is 0. The van der Waals surface area contributed by atoms with Crippen molar-refractivity contribution in [1.29, 1.82) is 0 Å². The molecule has 1 heterocycles. The van der Waals surface area contributed by atoms with Crippen molar-refractivity contribution in [2.24, 2.45) is 0 Å². The van der Waals surface area contributed by atoms with Gasteiger partial charge in [0.05, 0.1) is 0 Å². The minimum atomic E-state index is -0.561. The van der Waals surface area contributed by atoms with Crippen LogP contribution >= 0.6 is 15.9 Å². The smallest absolute Gasteiger partial charge is 0.355 e. The summed E-state index contributed by atoms with van der Waals surface area (Å²) in [5.74, 6) is -0.946. The largest absolute Gasteiger partial charge is 0.451 e. The van der Waals surface area contributed by atoms with Crippen LogP contribution in [0.5, 0.6) is 0 Å². The lowest BCUT2D eigenvalue weighted by Gasteiger charge is -2.09. The van der Waals surface area contributed by atoms with E-state index in [0.29, 0.717) is 11.4 Å². The number of aryl methyl sites for hydroxylation is 1. The van der Waals surface area contributed by atoms with Crippen molar-refractivity contribution >= 4 is 44.4 Å². The third-order valence-corrected chi connectivity index (χ3v) is 4.04. The molecule has 0 fully saturated rings. The Morgan fingerprint density at radius 2 is 1.96 bits per heavy atom. The molecule has 24 heavy (non-hydrogen) atoms. The van der Waals surface area contributed by atoms with Gasteiger partial charge in [0, 0.05) is 21.1 Å². The van der Waals surface area contributed by atoms with E-state index >= 15 is 0 Å². The zero-order chi connectivity index (χ0) is 17.1. The van der Waals surface area contributed by atoms with Crippen LogP contribution in [0.15, 0.2) is 53.0 Å². The number of amides is 1. The van der Waals surface area contributed by atoms with Crippen molar-refractivity contribution in [3.63, 3.8) is 0 Å². The molecule has 0 aliphatic carbocycles. The van der Waals surface area contributed by atoms with Gasteiger partial charge in [0.2, 0.25) is 0 Å². The molecule has 2 aromatic carbocycles. The van der Waals surface area contributed by atoms with Gasteiger partial charge < -0.3 is 15.0 Å². The summed E-state index contributed by atoms with van der Waals surface area (Å²) >= 11 is 3.37. The van der Waals surface area contributed by atoms with Crippen LogP contribution in [-0.4, -0.2) is 23.5 Å². The number of rotatable bonds is 4. The summed E-state index contributed by atoms with van der Waals surface area (Å²) in [6.45, 7) is 1.54. The van der Waals surface area contributed by atoms with E-state index in [4.69, 9.17) is 4.74 Å². The number of halogens is 1. The van der Waals surface area contributed by atoms with Crippen molar-refractivity contribution in [1.82, 2.24) is 4.98 Å². The Bertz CT molecular complexity index is 885. The first kappa shape index (κ1) is 16.3. The highest BCUT2D eigenvalue weighted by atomic mass is 79.9. The second-order valence-electron chi connectivity index (χ2n) is 5.35.